The molecular weight excluding hydrogens is 142 g/mol. The lowest BCUT2D eigenvalue weighted by atomic mass is 10.0. The second kappa shape index (κ2) is 3.32. The maximum atomic E-state index is 11.0. The van der Waals surface area contributed by atoms with Gasteiger partial charge in [-0.25, -0.2) is 0 Å². The smallest absolute Gasteiger partial charge is 0.220 e. The van der Waals surface area contributed by atoms with Crippen molar-refractivity contribution in [2.45, 2.75) is 12.8 Å². The van der Waals surface area contributed by atoms with Gasteiger partial charge in [-0.3, -0.25) is 9.59 Å². The summed E-state index contributed by atoms with van der Waals surface area (Å²) in [5.74, 6) is -0.0874. The lowest BCUT2D eigenvalue weighted by Gasteiger charge is -2.04. The molecule has 0 saturated heterocycles. The Bertz CT molecular complexity index is 208. The monoisotopic (exact) mass is 153 g/mol. The number of carbonyl (C=O) groups excluding carboxylic acids is 2. The summed E-state index contributed by atoms with van der Waals surface area (Å²) in [7, 11) is 1.58. The maximum Gasteiger partial charge on any atom is 0.220 e. The van der Waals surface area contributed by atoms with Crippen molar-refractivity contribution in [3.63, 3.8) is 0 Å². The molecule has 3 nitrogen and oxygen atoms in total. The van der Waals surface area contributed by atoms with E-state index in [9.17, 15) is 9.59 Å². The molecule has 3 heteroatoms. The predicted octanol–water partition coefficient (Wildman–Crippen LogP) is 0.268. The summed E-state index contributed by atoms with van der Waals surface area (Å²) < 4.78 is 0. The van der Waals surface area contributed by atoms with Crippen LogP contribution in [0.2, 0.25) is 0 Å². The molecule has 0 aliphatic heterocycles. The zero-order valence-electron chi connectivity index (χ0n) is 6.46. The molecule has 60 valence electrons. The molecule has 0 bridgehead atoms. The molecule has 1 amide bonds. The van der Waals surface area contributed by atoms with Crippen molar-refractivity contribution in [3.05, 3.63) is 12.2 Å². The van der Waals surface area contributed by atoms with Crippen LogP contribution >= 0.6 is 0 Å². The van der Waals surface area contributed by atoms with Gasteiger partial charge >= 0.3 is 0 Å². The molecule has 0 aromatic heterocycles. The second-order valence-corrected chi connectivity index (χ2v) is 2.61. The standard InChI is InChI=1S/C8H11NO2/c1-9-8(11)5-6-3-2-4-7(6)10/h2,4,6H,3,5H2,1H3,(H,9,11). The van der Waals surface area contributed by atoms with E-state index in [1.807, 2.05) is 6.08 Å². The normalized spacial score (nSPS) is 22.3. The Labute approximate surface area is 65.5 Å². The van der Waals surface area contributed by atoms with Gasteiger partial charge in [-0.1, -0.05) is 6.08 Å². The molecule has 1 atom stereocenters. The SMILES string of the molecule is CNC(=O)CC1CC=CC1=O. The zero-order valence-corrected chi connectivity index (χ0v) is 6.46. The first-order valence-corrected chi connectivity index (χ1v) is 3.65. The van der Waals surface area contributed by atoms with Crippen molar-refractivity contribution in [2.75, 3.05) is 7.05 Å². The van der Waals surface area contributed by atoms with Crippen LogP contribution in [0.5, 0.6) is 0 Å². The Balaban J connectivity index is 2.39. The van der Waals surface area contributed by atoms with Crippen LogP contribution in [-0.2, 0) is 9.59 Å². The fourth-order valence-corrected chi connectivity index (χ4v) is 1.11. The van der Waals surface area contributed by atoms with E-state index in [0.29, 0.717) is 12.8 Å². The number of hydrogen-bond donors (Lipinski definition) is 1. The van der Waals surface area contributed by atoms with E-state index in [-0.39, 0.29) is 17.6 Å². The van der Waals surface area contributed by atoms with Crippen LogP contribution in [0.1, 0.15) is 12.8 Å². The lowest BCUT2D eigenvalue weighted by molar-refractivity contribution is -0.125. The van der Waals surface area contributed by atoms with Gasteiger partial charge < -0.3 is 5.32 Å². The van der Waals surface area contributed by atoms with Crippen LogP contribution in [0.3, 0.4) is 0 Å². The van der Waals surface area contributed by atoms with Crippen LogP contribution in [-0.4, -0.2) is 18.7 Å². The summed E-state index contributed by atoms with van der Waals surface area (Å²) in [5, 5.41) is 2.49. The third-order valence-corrected chi connectivity index (χ3v) is 1.82. The minimum atomic E-state index is -0.102. The zero-order chi connectivity index (χ0) is 8.27. The molecule has 0 saturated carbocycles. The molecule has 1 rings (SSSR count). The summed E-state index contributed by atoms with van der Waals surface area (Å²) in [6.45, 7) is 0. The largest absolute Gasteiger partial charge is 0.359 e. The maximum absolute atomic E-state index is 11.0. The quantitative estimate of drug-likeness (QED) is 0.618. The van der Waals surface area contributed by atoms with Crippen LogP contribution in [0.15, 0.2) is 12.2 Å². The summed E-state index contributed by atoms with van der Waals surface area (Å²) in [6.07, 6.45) is 4.40. The number of rotatable bonds is 2. The molecule has 0 spiro atoms. The van der Waals surface area contributed by atoms with E-state index >= 15 is 0 Å². The topological polar surface area (TPSA) is 46.2 Å². The Morgan fingerprint density at radius 2 is 2.55 bits per heavy atom. The molecule has 0 radical (unpaired) electrons. The van der Waals surface area contributed by atoms with Crippen molar-refractivity contribution < 1.29 is 9.59 Å². The summed E-state index contributed by atoms with van der Waals surface area (Å²) in [5.41, 5.74) is 0. The van der Waals surface area contributed by atoms with Gasteiger partial charge in [-0.05, 0) is 12.5 Å². The molecular formula is C8H11NO2. The highest BCUT2D eigenvalue weighted by Gasteiger charge is 2.21. The first-order chi connectivity index (χ1) is 5.24. The Morgan fingerprint density at radius 3 is 3.00 bits per heavy atom. The van der Waals surface area contributed by atoms with Gasteiger partial charge in [0.1, 0.15) is 0 Å². The van der Waals surface area contributed by atoms with Gasteiger partial charge in [-0.2, -0.15) is 0 Å². The number of ketones is 1. The van der Waals surface area contributed by atoms with Gasteiger partial charge in [0.2, 0.25) is 5.91 Å². The van der Waals surface area contributed by atoms with Crippen molar-refractivity contribution in [2.24, 2.45) is 5.92 Å². The Morgan fingerprint density at radius 1 is 1.82 bits per heavy atom. The number of amides is 1. The highest BCUT2D eigenvalue weighted by atomic mass is 16.2. The van der Waals surface area contributed by atoms with Crippen molar-refractivity contribution in [1.29, 1.82) is 0 Å². The molecule has 0 fully saturated rings. The number of hydrogen-bond acceptors (Lipinski definition) is 2. The van der Waals surface area contributed by atoms with E-state index in [1.165, 1.54) is 0 Å². The third-order valence-electron chi connectivity index (χ3n) is 1.82. The van der Waals surface area contributed by atoms with Crippen molar-refractivity contribution in [3.8, 4) is 0 Å². The van der Waals surface area contributed by atoms with Crippen LogP contribution in [0, 0.1) is 5.92 Å². The third kappa shape index (κ3) is 1.90. The fraction of sp³-hybridized carbons (Fsp3) is 0.500. The lowest BCUT2D eigenvalue weighted by Crippen LogP contribution is -2.22. The Hall–Kier alpha value is -1.12. The minimum Gasteiger partial charge on any atom is -0.359 e. The summed E-state index contributed by atoms with van der Waals surface area (Å²) in [6, 6.07) is 0. The van der Waals surface area contributed by atoms with Crippen LogP contribution in [0.25, 0.3) is 0 Å². The van der Waals surface area contributed by atoms with Crippen LogP contribution in [0.4, 0.5) is 0 Å². The number of allylic oxidation sites excluding steroid dienone is 2. The first kappa shape index (κ1) is 7.98. The van der Waals surface area contributed by atoms with E-state index < -0.39 is 0 Å². The average molecular weight is 153 g/mol. The van der Waals surface area contributed by atoms with Crippen LogP contribution < -0.4 is 5.32 Å². The second-order valence-electron chi connectivity index (χ2n) is 2.61. The Kier molecular flexibility index (Phi) is 2.41. The van der Waals surface area contributed by atoms with Gasteiger partial charge in [0.25, 0.3) is 0 Å². The average Bonchev–Trinajstić information content (AvgIpc) is 2.37. The molecule has 1 aliphatic rings. The first-order valence-electron chi connectivity index (χ1n) is 3.65. The van der Waals surface area contributed by atoms with E-state index in [0.717, 1.165) is 0 Å². The number of nitrogens with one attached hydrogen (secondary N) is 1. The van der Waals surface area contributed by atoms with Gasteiger partial charge in [-0.15, -0.1) is 0 Å². The highest BCUT2D eigenvalue weighted by molar-refractivity contribution is 5.96. The minimum absolute atomic E-state index is 0.0629. The van der Waals surface area contributed by atoms with Gasteiger partial charge in [0, 0.05) is 19.4 Å². The molecule has 11 heavy (non-hydrogen) atoms. The van der Waals surface area contributed by atoms with E-state index in [4.69, 9.17) is 0 Å². The molecule has 1 aliphatic carbocycles. The molecule has 1 unspecified atom stereocenters. The molecule has 0 aromatic carbocycles. The van der Waals surface area contributed by atoms with Crippen molar-refractivity contribution in [1.82, 2.24) is 5.32 Å². The highest BCUT2D eigenvalue weighted by Crippen LogP contribution is 2.17. The van der Waals surface area contributed by atoms with Gasteiger partial charge in [0.05, 0.1) is 0 Å². The molecule has 0 heterocycles. The summed E-state index contributed by atoms with van der Waals surface area (Å²) >= 11 is 0. The van der Waals surface area contributed by atoms with Gasteiger partial charge in [0.15, 0.2) is 5.78 Å². The molecule has 0 aromatic rings. The summed E-state index contributed by atoms with van der Waals surface area (Å²) in [4.78, 5) is 21.8. The van der Waals surface area contributed by atoms with E-state index in [1.54, 1.807) is 13.1 Å². The van der Waals surface area contributed by atoms with E-state index in [2.05, 4.69) is 5.32 Å². The predicted molar refractivity (Wildman–Crippen MR) is 40.9 cm³/mol. The molecule has 1 N–H and O–H groups in total. The fourth-order valence-electron chi connectivity index (χ4n) is 1.11. The number of carbonyl (C=O) groups is 2. The van der Waals surface area contributed by atoms with Crippen molar-refractivity contribution >= 4 is 11.7 Å².